The first-order valence-electron chi connectivity index (χ1n) is 7.87. The van der Waals surface area contributed by atoms with Crippen LogP contribution < -0.4 is 0 Å². The maximum Gasteiger partial charge on any atom is 0.414 e. The molecule has 2 aromatic heterocycles. The van der Waals surface area contributed by atoms with Crippen LogP contribution in [0.5, 0.6) is 0 Å². The summed E-state index contributed by atoms with van der Waals surface area (Å²) in [6.07, 6.45) is 4.99. The number of piperazine rings is 1. The number of amides is 1. The summed E-state index contributed by atoms with van der Waals surface area (Å²) in [5, 5.41) is 14.8. The lowest BCUT2D eigenvalue weighted by Gasteiger charge is -2.34. The smallest absolute Gasteiger partial charge is 0.414 e. The maximum absolute atomic E-state index is 12.3. The molecule has 1 amide bonds. The monoisotopic (exact) mass is 361 g/mol. The van der Waals surface area contributed by atoms with Crippen LogP contribution in [0.25, 0.3) is 0 Å². The van der Waals surface area contributed by atoms with Crippen molar-refractivity contribution in [2.45, 2.75) is 6.54 Å². The molecule has 0 spiro atoms. The van der Waals surface area contributed by atoms with Gasteiger partial charge in [-0.1, -0.05) is 0 Å². The highest BCUT2D eigenvalue weighted by molar-refractivity contribution is 6.27. The largest absolute Gasteiger partial charge is 0.473 e. The molecule has 26 heavy (non-hydrogen) atoms. The fraction of sp³-hybridized carbons (Fsp3) is 0.294. The predicted octanol–water partition coefficient (Wildman–Crippen LogP) is 0.788. The van der Waals surface area contributed by atoms with Crippen LogP contribution in [0.3, 0.4) is 0 Å². The van der Waals surface area contributed by atoms with E-state index in [0.29, 0.717) is 5.56 Å². The second kappa shape index (κ2) is 9.33. The van der Waals surface area contributed by atoms with Gasteiger partial charge in [0.15, 0.2) is 0 Å². The van der Waals surface area contributed by atoms with Gasteiger partial charge in [-0.25, -0.2) is 9.59 Å². The normalized spacial score (nSPS) is 14.2. The topological polar surface area (TPSA) is 124 Å². The third-order valence-electron chi connectivity index (χ3n) is 3.71. The SMILES string of the molecule is O=C(O)C(=O)O.O=C(c1cccnc1)N1CCN(Cc2ccco2)CC1. The van der Waals surface area contributed by atoms with Crippen LogP contribution >= 0.6 is 0 Å². The van der Waals surface area contributed by atoms with Crippen molar-refractivity contribution in [1.82, 2.24) is 14.8 Å². The average Bonchev–Trinajstić information content (AvgIpc) is 3.16. The number of hydrogen-bond donors (Lipinski definition) is 2. The fourth-order valence-electron chi connectivity index (χ4n) is 2.40. The van der Waals surface area contributed by atoms with E-state index < -0.39 is 11.9 Å². The molecule has 1 saturated heterocycles. The van der Waals surface area contributed by atoms with E-state index in [1.54, 1.807) is 24.7 Å². The Kier molecular flexibility index (Phi) is 6.86. The lowest BCUT2D eigenvalue weighted by Crippen LogP contribution is -2.48. The molecule has 9 heteroatoms. The molecule has 1 aliphatic rings. The van der Waals surface area contributed by atoms with Crippen molar-refractivity contribution in [1.29, 1.82) is 0 Å². The van der Waals surface area contributed by atoms with Gasteiger partial charge < -0.3 is 19.5 Å². The van der Waals surface area contributed by atoms with E-state index in [1.807, 2.05) is 23.1 Å². The molecule has 138 valence electrons. The first kappa shape index (κ1) is 19.1. The van der Waals surface area contributed by atoms with Gasteiger partial charge in [0, 0.05) is 38.6 Å². The molecule has 2 N–H and O–H groups in total. The van der Waals surface area contributed by atoms with E-state index in [1.165, 1.54) is 0 Å². The minimum atomic E-state index is -1.82. The van der Waals surface area contributed by atoms with Crippen molar-refractivity contribution in [3.05, 3.63) is 54.2 Å². The van der Waals surface area contributed by atoms with Crippen LogP contribution in [-0.2, 0) is 16.1 Å². The van der Waals surface area contributed by atoms with Gasteiger partial charge in [0.2, 0.25) is 0 Å². The van der Waals surface area contributed by atoms with Crippen LogP contribution in [0.2, 0.25) is 0 Å². The lowest BCUT2D eigenvalue weighted by molar-refractivity contribution is -0.159. The summed E-state index contributed by atoms with van der Waals surface area (Å²) in [6, 6.07) is 7.48. The number of nitrogens with zero attached hydrogens (tertiary/aromatic N) is 3. The Balaban J connectivity index is 0.000000352. The molecular formula is C17H19N3O6. The van der Waals surface area contributed by atoms with Crippen molar-refractivity contribution < 1.29 is 29.0 Å². The van der Waals surface area contributed by atoms with E-state index in [0.717, 1.165) is 38.5 Å². The van der Waals surface area contributed by atoms with Crippen molar-refractivity contribution in [3.8, 4) is 0 Å². The number of carbonyl (C=O) groups excluding carboxylic acids is 1. The molecule has 0 bridgehead atoms. The Morgan fingerprint density at radius 1 is 1.04 bits per heavy atom. The summed E-state index contributed by atoms with van der Waals surface area (Å²) >= 11 is 0. The van der Waals surface area contributed by atoms with Crippen molar-refractivity contribution >= 4 is 17.8 Å². The minimum absolute atomic E-state index is 0.0655. The molecule has 0 radical (unpaired) electrons. The first-order valence-corrected chi connectivity index (χ1v) is 7.87. The van der Waals surface area contributed by atoms with E-state index in [4.69, 9.17) is 24.2 Å². The molecule has 2 aromatic rings. The highest BCUT2D eigenvalue weighted by atomic mass is 16.4. The van der Waals surface area contributed by atoms with Gasteiger partial charge >= 0.3 is 11.9 Å². The number of aromatic nitrogens is 1. The van der Waals surface area contributed by atoms with E-state index >= 15 is 0 Å². The summed E-state index contributed by atoms with van der Waals surface area (Å²) < 4.78 is 5.35. The van der Waals surface area contributed by atoms with Gasteiger partial charge in [-0.2, -0.15) is 0 Å². The zero-order chi connectivity index (χ0) is 18.9. The second-order valence-corrected chi connectivity index (χ2v) is 5.50. The number of hydrogen-bond acceptors (Lipinski definition) is 6. The predicted molar refractivity (Wildman–Crippen MR) is 89.4 cm³/mol. The Morgan fingerprint density at radius 3 is 2.23 bits per heavy atom. The maximum atomic E-state index is 12.3. The van der Waals surface area contributed by atoms with Crippen LogP contribution in [0.4, 0.5) is 0 Å². The molecule has 0 aromatic carbocycles. The Bertz CT molecular complexity index is 712. The molecule has 3 rings (SSSR count). The van der Waals surface area contributed by atoms with E-state index in [2.05, 4.69) is 9.88 Å². The quantitative estimate of drug-likeness (QED) is 0.769. The van der Waals surface area contributed by atoms with Crippen LogP contribution in [0.15, 0.2) is 47.3 Å². The third-order valence-corrected chi connectivity index (χ3v) is 3.71. The third kappa shape index (κ3) is 5.71. The van der Waals surface area contributed by atoms with Gasteiger partial charge in [0.1, 0.15) is 5.76 Å². The van der Waals surface area contributed by atoms with Gasteiger partial charge in [0.25, 0.3) is 5.91 Å². The average molecular weight is 361 g/mol. The summed E-state index contributed by atoms with van der Waals surface area (Å²) in [7, 11) is 0. The Morgan fingerprint density at radius 2 is 1.73 bits per heavy atom. The Labute approximate surface area is 149 Å². The van der Waals surface area contributed by atoms with Crippen LogP contribution in [0, 0.1) is 0 Å². The number of furan rings is 1. The molecule has 3 heterocycles. The van der Waals surface area contributed by atoms with Crippen LogP contribution in [0.1, 0.15) is 16.1 Å². The summed E-state index contributed by atoms with van der Waals surface area (Å²) in [5.74, 6) is -2.61. The number of carbonyl (C=O) groups is 3. The summed E-state index contributed by atoms with van der Waals surface area (Å²) in [6.45, 7) is 4.03. The minimum Gasteiger partial charge on any atom is -0.473 e. The molecule has 0 aliphatic carbocycles. The number of pyridine rings is 1. The summed E-state index contributed by atoms with van der Waals surface area (Å²) in [4.78, 5) is 38.6. The highest BCUT2D eigenvalue weighted by Gasteiger charge is 2.22. The second-order valence-electron chi connectivity index (χ2n) is 5.50. The molecule has 0 saturated carbocycles. The van der Waals surface area contributed by atoms with E-state index in [9.17, 15) is 4.79 Å². The van der Waals surface area contributed by atoms with Gasteiger partial charge in [-0.3, -0.25) is 14.7 Å². The zero-order valence-electron chi connectivity index (χ0n) is 13.9. The lowest BCUT2D eigenvalue weighted by atomic mass is 10.2. The molecule has 1 aliphatic heterocycles. The van der Waals surface area contributed by atoms with Crippen LogP contribution in [-0.4, -0.2) is 69.0 Å². The number of rotatable bonds is 3. The Hall–Kier alpha value is -3.20. The molecule has 1 fully saturated rings. The molecule has 0 atom stereocenters. The summed E-state index contributed by atoms with van der Waals surface area (Å²) in [5.41, 5.74) is 0.659. The zero-order valence-corrected chi connectivity index (χ0v) is 13.9. The van der Waals surface area contributed by atoms with Crippen molar-refractivity contribution in [2.24, 2.45) is 0 Å². The van der Waals surface area contributed by atoms with Gasteiger partial charge in [-0.15, -0.1) is 0 Å². The first-order chi connectivity index (χ1) is 12.5. The number of carboxylic acids is 2. The van der Waals surface area contributed by atoms with Crippen molar-refractivity contribution in [2.75, 3.05) is 26.2 Å². The number of aliphatic carboxylic acids is 2. The molecule has 9 nitrogen and oxygen atoms in total. The number of carboxylic acid groups (broad SMARTS) is 2. The fourth-order valence-corrected chi connectivity index (χ4v) is 2.40. The standard InChI is InChI=1S/C15H17N3O2.C2H2O4/c19-15(13-3-1-5-16-11-13)18-8-6-17(7-9-18)12-14-4-2-10-20-14;3-1(4)2(5)6/h1-5,10-11H,6-9,12H2;(H,3,4)(H,5,6). The molecular weight excluding hydrogens is 342 g/mol. The highest BCUT2D eigenvalue weighted by Crippen LogP contribution is 2.11. The van der Waals surface area contributed by atoms with Gasteiger partial charge in [0.05, 0.1) is 18.4 Å². The van der Waals surface area contributed by atoms with Gasteiger partial charge in [-0.05, 0) is 24.3 Å². The van der Waals surface area contributed by atoms with Crippen molar-refractivity contribution in [3.63, 3.8) is 0 Å². The van der Waals surface area contributed by atoms with E-state index in [-0.39, 0.29) is 5.91 Å². The molecule has 0 unspecified atom stereocenters.